The maximum absolute atomic E-state index is 11.8. The first-order chi connectivity index (χ1) is 10.0. The summed E-state index contributed by atoms with van der Waals surface area (Å²) < 4.78 is 62.1. The van der Waals surface area contributed by atoms with Gasteiger partial charge in [-0.1, -0.05) is 0 Å². The van der Waals surface area contributed by atoms with Crippen LogP contribution in [0.1, 0.15) is 19.8 Å². The Morgan fingerprint density at radius 2 is 2.00 bits per heavy atom. The number of sulfone groups is 1. The minimum atomic E-state index is -4.31. The average molecular weight is 347 g/mol. The molecule has 0 heterocycles. The van der Waals surface area contributed by atoms with Crippen LogP contribution in [0.25, 0.3) is 0 Å². The molecule has 0 saturated heterocycles. The minimum absolute atomic E-state index is 0.00681. The summed E-state index contributed by atoms with van der Waals surface area (Å²) in [7, 11) is -1.46. The SMILES string of the molecule is CN=C(NCCCOCC(F)(F)F)NC(C)CCS(C)(=O)=O. The molecule has 0 aromatic rings. The number of alkyl halides is 3. The molecule has 0 radical (unpaired) electrons. The van der Waals surface area contributed by atoms with E-state index >= 15 is 0 Å². The van der Waals surface area contributed by atoms with Crippen LogP contribution in [0, 0.1) is 0 Å². The van der Waals surface area contributed by atoms with Crippen molar-refractivity contribution in [1.82, 2.24) is 10.6 Å². The van der Waals surface area contributed by atoms with E-state index < -0.39 is 22.6 Å². The molecule has 0 aromatic heterocycles. The summed E-state index contributed by atoms with van der Waals surface area (Å²) in [6, 6.07) is -0.0950. The summed E-state index contributed by atoms with van der Waals surface area (Å²) in [6.07, 6.45) is -2.30. The lowest BCUT2D eigenvalue weighted by Gasteiger charge is -2.17. The molecule has 6 nitrogen and oxygen atoms in total. The van der Waals surface area contributed by atoms with Gasteiger partial charge in [0, 0.05) is 32.5 Å². The third kappa shape index (κ3) is 13.9. The van der Waals surface area contributed by atoms with E-state index in [1.807, 2.05) is 6.92 Å². The standard InChI is InChI=1S/C12H24F3N3O3S/c1-10(5-8-22(3,19)20)18-11(16-2)17-6-4-7-21-9-12(13,14)15/h10H,4-9H2,1-3H3,(H2,16,17,18). The number of ether oxygens (including phenoxy) is 1. The summed E-state index contributed by atoms with van der Waals surface area (Å²) in [6.45, 7) is 0.969. The van der Waals surface area contributed by atoms with Crippen molar-refractivity contribution in [1.29, 1.82) is 0 Å². The molecule has 0 saturated carbocycles. The van der Waals surface area contributed by atoms with Crippen molar-refractivity contribution >= 4 is 15.8 Å². The van der Waals surface area contributed by atoms with Crippen LogP contribution in [0.2, 0.25) is 0 Å². The number of rotatable bonds is 9. The lowest BCUT2D eigenvalue weighted by atomic mass is 10.3. The lowest BCUT2D eigenvalue weighted by Crippen LogP contribution is -2.43. The Hall–Kier alpha value is -1.03. The smallest absolute Gasteiger partial charge is 0.372 e. The zero-order valence-electron chi connectivity index (χ0n) is 13.0. The Bertz CT molecular complexity index is 439. The molecule has 0 aliphatic carbocycles. The molecular weight excluding hydrogens is 323 g/mol. The molecule has 1 atom stereocenters. The zero-order valence-corrected chi connectivity index (χ0v) is 13.9. The van der Waals surface area contributed by atoms with Gasteiger partial charge in [0.1, 0.15) is 16.4 Å². The third-order valence-electron chi connectivity index (χ3n) is 2.55. The van der Waals surface area contributed by atoms with Crippen LogP contribution in [-0.2, 0) is 14.6 Å². The molecule has 0 spiro atoms. The average Bonchev–Trinajstić information content (AvgIpc) is 2.37. The topological polar surface area (TPSA) is 79.8 Å². The van der Waals surface area contributed by atoms with Crippen molar-refractivity contribution in [3.05, 3.63) is 0 Å². The van der Waals surface area contributed by atoms with E-state index in [1.54, 1.807) is 7.05 Å². The van der Waals surface area contributed by atoms with Crippen LogP contribution < -0.4 is 10.6 Å². The van der Waals surface area contributed by atoms with Crippen molar-refractivity contribution in [2.75, 3.05) is 38.8 Å². The van der Waals surface area contributed by atoms with Gasteiger partial charge < -0.3 is 15.4 Å². The van der Waals surface area contributed by atoms with Gasteiger partial charge in [0.25, 0.3) is 0 Å². The maximum atomic E-state index is 11.8. The van der Waals surface area contributed by atoms with E-state index in [9.17, 15) is 21.6 Å². The molecule has 10 heteroatoms. The number of guanidine groups is 1. The molecule has 2 N–H and O–H groups in total. The van der Waals surface area contributed by atoms with Gasteiger partial charge in [-0.3, -0.25) is 4.99 Å². The van der Waals surface area contributed by atoms with Gasteiger partial charge in [0.15, 0.2) is 5.96 Å². The first kappa shape index (κ1) is 21.0. The molecule has 0 aliphatic heterocycles. The number of hydrogen-bond donors (Lipinski definition) is 2. The molecule has 132 valence electrons. The number of nitrogens with zero attached hydrogens (tertiary/aromatic N) is 1. The summed E-state index contributed by atoms with van der Waals surface area (Å²) in [5.41, 5.74) is 0. The fourth-order valence-electron chi connectivity index (χ4n) is 1.46. The van der Waals surface area contributed by atoms with E-state index in [2.05, 4.69) is 20.4 Å². The molecule has 0 aliphatic rings. The second-order valence-corrected chi connectivity index (χ2v) is 7.24. The number of hydrogen-bond acceptors (Lipinski definition) is 4. The van der Waals surface area contributed by atoms with Crippen molar-refractivity contribution < 1.29 is 26.3 Å². The molecule has 0 bridgehead atoms. The van der Waals surface area contributed by atoms with Gasteiger partial charge in [-0.25, -0.2) is 8.42 Å². The van der Waals surface area contributed by atoms with Gasteiger partial charge in [0.05, 0.1) is 5.75 Å². The lowest BCUT2D eigenvalue weighted by molar-refractivity contribution is -0.173. The molecule has 22 heavy (non-hydrogen) atoms. The predicted molar refractivity (Wildman–Crippen MR) is 79.8 cm³/mol. The fourth-order valence-corrected chi connectivity index (χ4v) is 2.24. The highest BCUT2D eigenvalue weighted by Crippen LogP contribution is 2.14. The van der Waals surface area contributed by atoms with Crippen LogP contribution in [0.15, 0.2) is 4.99 Å². The van der Waals surface area contributed by atoms with Gasteiger partial charge in [-0.2, -0.15) is 13.2 Å². The number of nitrogens with one attached hydrogen (secondary N) is 2. The van der Waals surface area contributed by atoms with E-state index in [4.69, 9.17) is 0 Å². The monoisotopic (exact) mass is 347 g/mol. The quantitative estimate of drug-likeness (QED) is 0.369. The Morgan fingerprint density at radius 3 is 2.50 bits per heavy atom. The first-order valence-corrected chi connectivity index (χ1v) is 8.89. The Balaban J connectivity index is 3.84. The summed E-state index contributed by atoms with van der Waals surface area (Å²) in [5.74, 6) is 0.542. The molecule has 1 unspecified atom stereocenters. The number of halogens is 3. The van der Waals surface area contributed by atoms with Gasteiger partial charge in [-0.15, -0.1) is 0 Å². The second kappa shape index (κ2) is 9.88. The van der Waals surface area contributed by atoms with Crippen molar-refractivity contribution in [2.45, 2.75) is 32.0 Å². The van der Waals surface area contributed by atoms with E-state index in [0.29, 0.717) is 25.3 Å². The summed E-state index contributed by atoms with van der Waals surface area (Å²) in [5, 5.41) is 5.93. The fraction of sp³-hybridized carbons (Fsp3) is 0.917. The molecule has 0 amide bonds. The van der Waals surface area contributed by atoms with Crippen LogP contribution in [0.5, 0.6) is 0 Å². The van der Waals surface area contributed by atoms with Crippen LogP contribution in [-0.4, -0.2) is 65.4 Å². The Labute approximate surface area is 129 Å². The van der Waals surface area contributed by atoms with Crippen LogP contribution in [0.4, 0.5) is 13.2 Å². The van der Waals surface area contributed by atoms with E-state index in [1.165, 1.54) is 6.26 Å². The maximum Gasteiger partial charge on any atom is 0.411 e. The Kier molecular flexibility index (Phi) is 9.42. The van der Waals surface area contributed by atoms with E-state index in [0.717, 1.165) is 0 Å². The largest absolute Gasteiger partial charge is 0.411 e. The van der Waals surface area contributed by atoms with E-state index in [-0.39, 0.29) is 18.4 Å². The second-order valence-electron chi connectivity index (χ2n) is 4.98. The molecule has 0 rings (SSSR count). The molecule has 0 aromatic carbocycles. The third-order valence-corrected chi connectivity index (χ3v) is 3.53. The van der Waals surface area contributed by atoms with Crippen LogP contribution >= 0.6 is 0 Å². The van der Waals surface area contributed by atoms with Crippen LogP contribution in [0.3, 0.4) is 0 Å². The van der Waals surface area contributed by atoms with Gasteiger partial charge >= 0.3 is 6.18 Å². The highest BCUT2D eigenvalue weighted by Gasteiger charge is 2.27. The Morgan fingerprint density at radius 1 is 1.36 bits per heavy atom. The predicted octanol–water partition coefficient (Wildman–Crippen LogP) is 0.944. The molecular formula is C12H24F3N3O3S. The first-order valence-electron chi connectivity index (χ1n) is 6.83. The summed E-state index contributed by atoms with van der Waals surface area (Å²) >= 11 is 0. The normalized spacial score (nSPS) is 14.7. The highest BCUT2D eigenvalue weighted by atomic mass is 32.2. The molecule has 0 fully saturated rings. The highest BCUT2D eigenvalue weighted by molar-refractivity contribution is 7.90. The number of aliphatic imine (C=N–C) groups is 1. The van der Waals surface area contributed by atoms with Crippen molar-refractivity contribution in [3.8, 4) is 0 Å². The zero-order chi connectivity index (χ0) is 17.2. The van der Waals surface area contributed by atoms with Gasteiger partial charge in [0.2, 0.25) is 0 Å². The summed E-state index contributed by atoms with van der Waals surface area (Å²) in [4.78, 5) is 3.95. The van der Waals surface area contributed by atoms with Crippen molar-refractivity contribution in [3.63, 3.8) is 0 Å². The van der Waals surface area contributed by atoms with Gasteiger partial charge in [-0.05, 0) is 19.8 Å². The van der Waals surface area contributed by atoms with Crippen molar-refractivity contribution in [2.24, 2.45) is 4.99 Å². The minimum Gasteiger partial charge on any atom is -0.372 e.